The van der Waals surface area contributed by atoms with E-state index in [-0.39, 0.29) is 30.4 Å². The minimum atomic E-state index is -0.589. The Labute approximate surface area is 203 Å². The molecule has 3 heterocycles. The molecule has 3 amide bonds. The second-order valence-electron chi connectivity index (χ2n) is 7.68. The first-order valence-corrected chi connectivity index (χ1v) is 11.5. The number of carbonyl (C=O) groups excluding carboxylic acids is 3. The number of aromatic nitrogens is 1. The molecule has 9 nitrogen and oxygen atoms in total. The Morgan fingerprint density at radius 3 is 2.63 bits per heavy atom. The van der Waals surface area contributed by atoms with Crippen LogP contribution in [0.2, 0.25) is 0 Å². The maximum absolute atomic E-state index is 12.7. The maximum Gasteiger partial charge on any atom is 0.293 e. The molecule has 0 saturated carbocycles. The first kappa shape index (κ1) is 22.5. The fraction of sp³-hybridized carbons (Fsp3) is 0.120. The molecule has 2 aliphatic heterocycles. The van der Waals surface area contributed by atoms with E-state index < -0.39 is 22.6 Å². The number of nitrogens with zero attached hydrogens (tertiary/aromatic N) is 1. The number of pyridine rings is 1. The van der Waals surface area contributed by atoms with Gasteiger partial charge < -0.3 is 19.8 Å². The van der Waals surface area contributed by atoms with E-state index in [9.17, 15) is 19.2 Å². The number of carbonyl (C=O) groups is 3. The molecule has 0 aliphatic carbocycles. The number of thioether (sulfide) groups is 1. The summed E-state index contributed by atoms with van der Waals surface area (Å²) in [5.41, 5.74) is 1.54. The normalized spacial score (nSPS) is 15.7. The Bertz CT molecular complexity index is 1420. The molecular weight excluding hydrogens is 470 g/mol. The third-order valence-corrected chi connectivity index (χ3v) is 6.34. The van der Waals surface area contributed by atoms with E-state index in [1.807, 2.05) is 30.3 Å². The average Bonchev–Trinajstić information content (AvgIpc) is 3.43. The van der Waals surface area contributed by atoms with Crippen LogP contribution in [0.15, 0.2) is 70.4 Å². The molecule has 2 N–H and O–H groups in total. The molecule has 0 bridgehead atoms. The standard InChI is InChI=1S/C25H19N3O6S/c29-22(17-7-8-18(27-23(17)30)16-4-2-1-3-5-16)26-10-11-28-24(31)21(35-25(28)32)13-15-6-9-19-20(12-15)34-14-33-19/h1-9,12-13H,10-11,14H2,(H,26,29)(H,27,30)/b21-13+. The van der Waals surface area contributed by atoms with E-state index in [4.69, 9.17) is 9.47 Å². The van der Waals surface area contributed by atoms with Crippen LogP contribution in [0.25, 0.3) is 17.3 Å². The van der Waals surface area contributed by atoms with E-state index in [2.05, 4.69) is 10.3 Å². The van der Waals surface area contributed by atoms with Gasteiger partial charge in [0.15, 0.2) is 11.5 Å². The highest BCUT2D eigenvalue weighted by Crippen LogP contribution is 2.36. The minimum Gasteiger partial charge on any atom is -0.454 e. The zero-order valence-electron chi connectivity index (χ0n) is 18.3. The number of hydrogen-bond donors (Lipinski definition) is 2. The zero-order valence-corrected chi connectivity index (χ0v) is 19.1. The molecule has 10 heteroatoms. The fourth-order valence-electron chi connectivity index (χ4n) is 3.66. The number of aromatic amines is 1. The molecule has 3 aromatic rings. The summed E-state index contributed by atoms with van der Waals surface area (Å²) in [6, 6.07) is 17.6. The van der Waals surface area contributed by atoms with E-state index >= 15 is 0 Å². The summed E-state index contributed by atoms with van der Waals surface area (Å²) in [5.74, 6) is 0.165. The Hall–Kier alpha value is -4.31. The number of fused-ring (bicyclic) bond motifs is 1. The molecule has 1 saturated heterocycles. The van der Waals surface area contributed by atoms with Crippen LogP contribution in [-0.4, -0.2) is 46.8 Å². The third kappa shape index (κ3) is 4.69. The van der Waals surface area contributed by atoms with Gasteiger partial charge in [-0.2, -0.15) is 0 Å². The zero-order chi connectivity index (χ0) is 24.4. The maximum atomic E-state index is 12.7. The van der Waals surface area contributed by atoms with Crippen molar-refractivity contribution in [1.29, 1.82) is 0 Å². The topological polar surface area (TPSA) is 118 Å². The molecule has 35 heavy (non-hydrogen) atoms. The first-order chi connectivity index (χ1) is 17.0. The monoisotopic (exact) mass is 489 g/mol. The molecular formula is C25H19N3O6S. The van der Waals surface area contributed by atoms with Gasteiger partial charge >= 0.3 is 0 Å². The molecule has 1 aromatic heterocycles. The van der Waals surface area contributed by atoms with E-state index in [0.717, 1.165) is 22.2 Å². The Balaban J connectivity index is 1.20. The van der Waals surface area contributed by atoms with Gasteiger partial charge in [-0.3, -0.25) is 24.1 Å². The van der Waals surface area contributed by atoms with Gasteiger partial charge in [0.25, 0.3) is 22.6 Å². The Morgan fingerprint density at radius 2 is 1.83 bits per heavy atom. The SMILES string of the molecule is O=C(NCCN1C(=O)S/C(=C/c2ccc3c(c2)OCO3)C1=O)c1ccc(-c2ccccc2)[nH]c1=O. The van der Waals surface area contributed by atoms with Crippen LogP contribution < -0.4 is 20.3 Å². The summed E-state index contributed by atoms with van der Waals surface area (Å²) >= 11 is 0.826. The number of nitrogens with one attached hydrogen (secondary N) is 2. The van der Waals surface area contributed by atoms with Crippen LogP contribution in [0.3, 0.4) is 0 Å². The molecule has 0 unspecified atom stereocenters. The minimum absolute atomic E-state index is 0.00799. The molecule has 2 aliphatic rings. The Kier molecular flexibility index (Phi) is 6.11. The van der Waals surface area contributed by atoms with Crippen LogP contribution in [0.4, 0.5) is 4.79 Å². The van der Waals surface area contributed by atoms with Crippen molar-refractivity contribution in [2.45, 2.75) is 0 Å². The highest BCUT2D eigenvalue weighted by molar-refractivity contribution is 8.18. The molecule has 0 spiro atoms. The quantitative estimate of drug-likeness (QED) is 0.511. The van der Waals surface area contributed by atoms with Gasteiger partial charge in [-0.15, -0.1) is 0 Å². The number of rotatable bonds is 6. The molecule has 1 fully saturated rings. The van der Waals surface area contributed by atoms with Gasteiger partial charge in [0.1, 0.15) is 5.56 Å². The summed E-state index contributed by atoms with van der Waals surface area (Å²) in [7, 11) is 0. The van der Waals surface area contributed by atoms with E-state index in [0.29, 0.717) is 22.8 Å². The molecule has 0 atom stereocenters. The average molecular weight is 490 g/mol. The van der Waals surface area contributed by atoms with Crippen molar-refractivity contribution in [3.05, 3.63) is 87.0 Å². The summed E-state index contributed by atoms with van der Waals surface area (Å²) in [4.78, 5) is 54.0. The second kappa shape index (κ2) is 9.51. The number of hydrogen-bond acceptors (Lipinski definition) is 7. The number of H-pyrrole nitrogens is 1. The van der Waals surface area contributed by atoms with Crippen molar-refractivity contribution in [3.63, 3.8) is 0 Å². The van der Waals surface area contributed by atoms with Crippen molar-refractivity contribution in [2.24, 2.45) is 0 Å². The van der Waals surface area contributed by atoms with Crippen LogP contribution in [0.5, 0.6) is 11.5 Å². The van der Waals surface area contributed by atoms with Crippen molar-refractivity contribution in [2.75, 3.05) is 19.9 Å². The summed E-state index contributed by atoms with van der Waals surface area (Å²) < 4.78 is 10.6. The predicted octanol–water partition coefficient (Wildman–Crippen LogP) is 3.24. The molecule has 176 valence electrons. The third-order valence-electron chi connectivity index (χ3n) is 5.43. The van der Waals surface area contributed by atoms with Gasteiger partial charge in [-0.05, 0) is 53.2 Å². The Morgan fingerprint density at radius 1 is 1.03 bits per heavy atom. The number of amides is 3. The lowest BCUT2D eigenvalue weighted by atomic mass is 10.1. The number of imide groups is 1. The highest BCUT2D eigenvalue weighted by atomic mass is 32.2. The summed E-state index contributed by atoms with van der Waals surface area (Å²) in [5, 5.41) is 2.17. The van der Waals surface area contributed by atoms with Gasteiger partial charge in [0.2, 0.25) is 6.79 Å². The fourth-order valence-corrected chi connectivity index (χ4v) is 4.53. The van der Waals surface area contributed by atoms with Gasteiger partial charge in [-0.1, -0.05) is 36.4 Å². The molecule has 0 radical (unpaired) electrons. The summed E-state index contributed by atoms with van der Waals surface area (Å²) in [6.07, 6.45) is 1.61. The number of ether oxygens (including phenoxy) is 2. The largest absolute Gasteiger partial charge is 0.454 e. The van der Waals surface area contributed by atoms with Crippen molar-refractivity contribution < 1.29 is 23.9 Å². The van der Waals surface area contributed by atoms with Crippen molar-refractivity contribution in [1.82, 2.24) is 15.2 Å². The molecule has 5 rings (SSSR count). The van der Waals surface area contributed by atoms with Crippen LogP contribution >= 0.6 is 11.8 Å². The first-order valence-electron chi connectivity index (χ1n) is 10.7. The lowest BCUT2D eigenvalue weighted by Crippen LogP contribution is -2.38. The van der Waals surface area contributed by atoms with Crippen LogP contribution in [0, 0.1) is 0 Å². The van der Waals surface area contributed by atoms with Gasteiger partial charge in [0.05, 0.1) is 4.91 Å². The van der Waals surface area contributed by atoms with Crippen LogP contribution in [-0.2, 0) is 4.79 Å². The van der Waals surface area contributed by atoms with Crippen molar-refractivity contribution in [3.8, 4) is 22.8 Å². The van der Waals surface area contributed by atoms with E-state index in [1.54, 1.807) is 30.3 Å². The van der Waals surface area contributed by atoms with E-state index in [1.165, 1.54) is 6.07 Å². The highest BCUT2D eigenvalue weighted by Gasteiger charge is 2.34. The lowest BCUT2D eigenvalue weighted by molar-refractivity contribution is -0.122. The molecule has 2 aromatic carbocycles. The number of benzene rings is 2. The second-order valence-corrected chi connectivity index (χ2v) is 8.68. The summed E-state index contributed by atoms with van der Waals surface area (Å²) in [6.45, 7) is 0.132. The van der Waals surface area contributed by atoms with Gasteiger partial charge in [-0.25, -0.2) is 0 Å². The smallest absolute Gasteiger partial charge is 0.293 e. The lowest BCUT2D eigenvalue weighted by Gasteiger charge is -2.13. The van der Waals surface area contributed by atoms with Crippen LogP contribution in [0.1, 0.15) is 15.9 Å². The van der Waals surface area contributed by atoms with Gasteiger partial charge in [0, 0.05) is 18.8 Å². The van der Waals surface area contributed by atoms with Crippen molar-refractivity contribution >= 4 is 34.9 Å². The predicted molar refractivity (Wildman–Crippen MR) is 130 cm³/mol.